The number of rotatable bonds is 8. The molecule has 9 heteroatoms. The summed E-state index contributed by atoms with van der Waals surface area (Å²) in [6.07, 6.45) is 0. The summed E-state index contributed by atoms with van der Waals surface area (Å²) in [6, 6.07) is 24.1. The lowest BCUT2D eigenvalue weighted by Crippen LogP contribution is -2.36. The third-order valence-electron chi connectivity index (χ3n) is 5.15. The monoisotopic (exact) mass is 476 g/mol. The number of hydrogen-bond donors (Lipinski definition) is 1. The van der Waals surface area contributed by atoms with Gasteiger partial charge in [-0.3, -0.25) is 10.1 Å². The fourth-order valence-corrected chi connectivity index (χ4v) is 4.99. The topological polar surface area (TPSA) is 105 Å². The van der Waals surface area contributed by atoms with Crippen molar-refractivity contribution in [3.8, 4) is 11.5 Å². The Morgan fingerprint density at radius 2 is 1.53 bits per heavy atom. The maximum atomic E-state index is 13.3. The molecule has 0 unspecified atom stereocenters. The number of nitrogens with zero attached hydrogens (tertiary/aromatic N) is 3. The van der Waals surface area contributed by atoms with Crippen molar-refractivity contribution >= 4 is 21.9 Å². The Morgan fingerprint density at radius 1 is 0.912 bits per heavy atom. The Bertz CT molecular complexity index is 1350. The fourth-order valence-electron chi connectivity index (χ4n) is 3.36. The minimum absolute atomic E-state index is 0.0469. The summed E-state index contributed by atoms with van der Waals surface area (Å²) < 4.78 is 33.5. The van der Waals surface area contributed by atoms with Gasteiger partial charge in [-0.2, -0.15) is 4.31 Å². The molecule has 3 aromatic carbocycles. The van der Waals surface area contributed by atoms with Gasteiger partial charge in [-0.1, -0.05) is 53.6 Å². The molecule has 1 heterocycles. The number of nitrogens with one attached hydrogen (secondary N) is 1. The van der Waals surface area contributed by atoms with Crippen LogP contribution in [-0.4, -0.2) is 34.9 Å². The summed E-state index contributed by atoms with van der Waals surface area (Å²) in [7, 11) is -3.77. The van der Waals surface area contributed by atoms with E-state index in [1.54, 1.807) is 0 Å². The lowest BCUT2D eigenvalue weighted by atomic mass is 10.2. The number of aromatic nitrogens is 2. The number of amides is 1. The van der Waals surface area contributed by atoms with E-state index in [1.807, 2.05) is 74.5 Å². The molecule has 8 nitrogen and oxygen atoms in total. The molecule has 0 aliphatic rings. The van der Waals surface area contributed by atoms with Crippen molar-refractivity contribution in [2.24, 2.45) is 0 Å². The third kappa shape index (κ3) is 5.22. The Kier molecular flexibility index (Phi) is 6.85. The Hall–Kier alpha value is -3.82. The molecule has 4 aromatic rings. The highest BCUT2D eigenvalue weighted by molar-refractivity contribution is 7.89. The highest BCUT2D eigenvalue weighted by atomic mass is 32.2. The fraction of sp³-hybridized carbons (Fsp3) is 0.160. The molecule has 0 aliphatic heterocycles. The summed E-state index contributed by atoms with van der Waals surface area (Å²) in [5.41, 5.74) is 1.89. The van der Waals surface area contributed by atoms with E-state index >= 15 is 0 Å². The van der Waals surface area contributed by atoms with Crippen LogP contribution in [-0.2, 0) is 16.6 Å². The maximum absolute atomic E-state index is 13.3. The van der Waals surface area contributed by atoms with Crippen molar-refractivity contribution in [3.05, 3.63) is 96.1 Å². The number of anilines is 1. The van der Waals surface area contributed by atoms with Gasteiger partial charge in [0.25, 0.3) is 5.91 Å². The van der Waals surface area contributed by atoms with Gasteiger partial charge in [-0.15, -0.1) is 5.10 Å². The highest BCUT2D eigenvalue weighted by Crippen LogP contribution is 2.23. The van der Waals surface area contributed by atoms with Crippen LogP contribution in [0.5, 0.6) is 0 Å². The van der Waals surface area contributed by atoms with Crippen LogP contribution in [0.1, 0.15) is 29.8 Å². The Labute approximate surface area is 198 Å². The smallest absolute Gasteiger partial charge is 0.322 e. The molecule has 0 bridgehead atoms. The Morgan fingerprint density at radius 3 is 2.15 bits per heavy atom. The van der Waals surface area contributed by atoms with Crippen molar-refractivity contribution < 1.29 is 17.6 Å². The van der Waals surface area contributed by atoms with Gasteiger partial charge in [-0.05, 0) is 55.8 Å². The second kappa shape index (κ2) is 9.98. The summed E-state index contributed by atoms with van der Waals surface area (Å²) in [6.45, 7) is 3.91. The molecule has 0 fully saturated rings. The van der Waals surface area contributed by atoms with Crippen LogP contribution in [0.25, 0.3) is 11.5 Å². The molecule has 0 spiro atoms. The molecular weight excluding hydrogens is 452 g/mol. The van der Waals surface area contributed by atoms with Crippen LogP contribution in [0, 0.1) is 0 Å². The number of carbonyl (C=O) groups excluding carboxylic acids is 1. The number of sulfonamides is 1. The van der Waals surface area contributed by atoms with Crippen molar-refractivity contribution in [1.29, 1.82) is 0 Å². The molecule has 4 rings (SSSR count). The first-order valence-corrected chi connectivity index (χ1v) is 12.1. The van der Waals surface area contributed by atoms with Gasteiger partial charge in [0.15, 0.2) is 0 Å². The summed E-state index contributed by atoms with van der Waals surface area (Å²) in [5, 5.41) is 10.3. The van der Waals surface area contributed by atoms with E-state index in [2.05, 4.69) is 15.5 Å². The van der Waals surface area contributed by atoms with E-state index in [0.717, 1.165) is 11.1 Å². The molecule has 0 aliphatic carbocycles. The molecule has 0 saturated heterocycles. The van der Waals surface area contributed by atoms with Gasteiger partial charge in [-0.25, -0.2) is 8.42 Å². The summed E-state index contributed by atoms with van der Waals surface area (Å²) in [5.74, 6) is -0.207. The molecular formula is C25H24N4O4S. The van der Waals surface area contributed by atoms with E-state index in [0.29, 0.717) is 0 Å². The minimum atomic E-state index is -3.77. The largest absolute Gasteiger partial charge is 0.403 e. The van der Waals surface area contributed by atoms with Gasteiger partial charge >= 0.3 is 6.01 Å². The average Bonchev–Trinajstić information content (AvgIpc) is 3.32. The average molecular weight is 477 g/mol. The van der Waals surface area contributed by atoms with Crippen molar-refractivity contribution in [2.75, 3.05) is 5.32 Å². The SMILES string of the molecule is CC(C)N(Cc1ccccc1)S(=O)(=O)c1ccc(C(=O)Nc2nnc(-c3ccccc3)o2)cc1. The first-order chi connectivity index (χ1) is 16.3. The van der Waals surface area contributed by atoms with Gasteiger partial charge in [0, 0.05) is 23.7 Å². The number of benzene rings is 3. The molecule has 0 saturated carbocycles. The van der Waals surface area contributed by atoms with Gasteiger partial charge in [0.2, 0.25) is 15.9 Å². The zero-order chi connectivity index (χ0) is 24.1. The van der Waals surface area contributed by atoms with E-state index in [-0.39, 0.29) is 35.0 Å². The lowest BCUT2D eigenvalue weighted by Gasteiger charge is -2.26. The van der Waals surface area contributed by atoms with Crippen LogP contribution in [0.3, 0.4) is 0 Å². The van der Waals surface area contributed by atoms with Crippen molar-refractivity contribution in [1.82, 2.24) is 14.5 Å². The second-order valence-electron chi connectivity index (χ2n) is 7.89. The standard InChI is InChI=1S/C25H24N4O4S/c1-18(2)29(17-19-9-5-3-6-10-19)34(31,32)22-15-13-20(14-16-22)23(30)26-25-28-27-24(33-25)21-11-7-4-8-12-21/h3-16,18H,17H2,1-2H3,(H,26,28,30). The first kappa shape index (κ1) is 23.3. The zero-order valence-corrected chi connectivity index (χ0v) is 19.6. The van der Waals surface area contributed by atoms with E-state index in [4.69, 9.17) is 4.42 Å². The predicted octanol–water partition coefficient (Wildman–Crippen LogP) is 4.59. The van der Waals surface area contributed by atoms with Crippen molar-refractivity contribution in [3.63, 3.8) is 0 Å². The normalized spacial score (nSPS) is 11.6. The molecule has 1 amide bonds. The molecule has 174 valence electrons. The lowest BCUT2D eigenvalue weighted by molar-refractivity contribution is 0.102. The van der Waals surface area contributed by atoms with Crippen LogP contribution in [0.15, 0.2) is 94.2 Å². The van der Waals surface area contributed by atoms with Gasteiger partial charge in [0.05, 0.1) is 4.90 Å². The van der Waals surface area contributed by atoms with E-state index in [1.165, 1.54) is 28.6 Å². The quantitative estimate of drug-likeness (QED) is 0.399. The summed E-state index contributed by atoms with van der Waals surface area (Å²) >= 11 is 0. The number of carbonyl (C=O) groups is 1. The third-order valence-corrected chi connectivity index (χ3v) is 7.18. The van der Waals surface area contributed by atoms with Crippen LogP contribution in [0.4, 0.5) is 6.01 Å². The molecule has 1 aromatic heterocycles. The first-order valence-electron chi connectivity index (χ1n) is 10.7. The molecule has 1 N–H and O–H groups in total. The van der Waals surface area contributed by atoms with E-state index < -0.39 is 15.9 Å². The molecule has 0 radical (unpaired) electrons. The predicted molar refractivity (Wildman–Crippen MR) is 128 cm³/mol. The van der Waals surface area contributed by atoms with Crippen molar-refractivity contribution in [2.45, 2.75) is 31.3 Å². The maximum Gasteiger partial charge on any atom is 0.322 e. The molecule has 0 atom stereocenters. The summed E-state index contributed by atoms with van der Waals surface area (Å²) in [4.78, 5) is 12.7. The van der Waals surface area contributed by atoms with Crippen LogP contribution in [0.2, 0.25) is 0 Å². The zero-order valence-electron chi connectivity index (χ0n) is 18.8. The second-order valence-corrected chi connectivity index (χ2v) is 9.78. The van der Waals surface area contributed by atoms with Crippen LogP contribution >= 0.6 is 0 Å². The highest BCUT2D eigenvalue weighted by Gasteiger charge is 2.27. The Balaban J connectivity index is 1.48. The minimum Gasteiger partial charge on any atom is -0.403 e. The van der Waals surface area contributed by atoms with E-state index in [9.17, 15) is 13.2 Å². The van der Waals surface area contributed by atoms with Crippen LogP contribution < -0.4 is 5.32 Å². The molecule has 34 heavy (non-hydrogen) atoms. The number of hydrogen-bond acceptors (Lipinski definition) is 6. The van der Waals surface area contributed by atoms with Gasteiger partial charge in [0.1, 0.15) is 0 Å². The van der Waals surface area contributed by atoms with Gasteiger partial charge < -0.3 is 4.42 Å².